The summed E-state index contributed by atoms with van der Waals surface area (Å²) in [6, 6.07) is 16.1. The maximum atomic E-state index is 12.7. The number of benzene rings is 2. The largest absolute Gasteiger partial charge is 0.489 e. The number of rotatable bonds is 8. The fraction of sp³-hybridized carbons (Fsp3) is 0.320. The minimum atomic E-state index is -0.647. The van der Waals surface area contributed by atoms with Crippen LogP contribution in [0.4, 0.5) is 0 Å². The number of para-hydroxylation sites is 1. The van der Waals surface area contributed by atoms with Crippen LogP contribution in [-0.4, -0.2) is 65.7 Å². The number of nitrogens with zero attached hydrogens (tertiary/aromatic N) is 2. The highest BCUT2D eigenvalue weighted by atomic mass is 16.5. The zero-order chi connectivity index (χ0) is 23.8. The zero-order valence-electron chi connectivity index (χ0n) is 18.9. The number of hydroxylamine groups is 1. The molecule has 4 rings (SSSR count). The fourth-order valence-electron chi connectivity index (χ4n) is 4.08. The van der Waals surface area contributed by atoms with Gasteiger partial charge < -0.3 is 15.4 Å². The first-order chi connectivity index (χ1) is 16.7. The summed E-state index contributed by atoms with van der Waals surface area (Å²) in [6.07, 6.45) is 2.65. The molecule has 0 aliphatic carbocycles. The number of amides is 2. The Bertz CT molecular complexity index is 1110. The second-order valence-electron chi connectivity index (χ2n) is 8.14. The molecule has 0 radical (unpaired) electrons. The molecule has 178 valence electrons. The van der Waals surface area contributed by atoms with Gasteiger partial charge in [-0.25, -0.2) is 5.48 Å². The Labute approximate surface area is 198 Å². The fourth-order valence-corrected chi connectivity index (χ4v) is 4.08. The molecule has 0 bridgehead atoms. The summed E-state index contributed by atoms with van der Waals surface area (Å²) in [5.74, 6) is -0.183. The lowest BCUT2D eigenvalue weighted by Crippen LogP contribution is -2.53. The van der Waals surface area contributed by atoms with Crippen molar-refractivity contribution in [2.45, 2.75) is 19.1 Å². The third-order valence-corrected chi connectivity index (χ3v) is 5.93. The van der Waals surface area contributed by atoms with Gasteiger partial charge in [0.15, 0.2) is 0 Å². The summed E-state index contributed by atoms with van der Waals surface area (Å²) >= 11 is 0. The van der Waals surface area contributed by atoms with E-state index in [1.165, 1.54) is 0 Å². The van der Waals surface area contributed by atoms with Crippen LogP contribution in [0.3, 0.4) is 0 Å². The van der Waals surface area contributed by atoms with E-state index in [9.17, 15) is 9.59 Å². The van der Waals surface area contributed by atoms with Gasteiger partial charge in [0.25, 0.3) is 11.8 Å². The van der Waals surface area contributed by atoms with Crippen LogP contribution in [0.25, 0.3) is 10.9 Å². The average Bonchev–Trinajstić information content (AvgIpc) is 3.17. The summed E-state index contributed by atoms with van der Waals surface area (Å²) in [5, 5.41) is 16.3. The van der Waals surface area contributed by atoms with E-state index in [0.29, 0.717) is 31.0 Å². The number of hydrogen-bond donors (Lipinski definition) is 4. The summed E-state index contributed by atoms with van der Waals surface area (Å²) < 4.78 is 5.92. The van der Waals surface area contributed by atoms with Gasteiger partial charge in [0.1, 0.15) is 18.4 Å². The Morgan fingerprint density at radius 3 is 2.74 bits per heavy atom. The van der Waals surface area contributed by atoms with Crippen LogP contribution in [0, 0.1) is 0 Å². The molecule has 2 amide bonds. The van der Waals surface area contributed by atoms with Crippen molar-refractivity contribution in [3.05, 3.63) is 71.9 Å². The molecule has 0 unspecified atom stereocenters. The Morgan fingerprint density at radius 1 is 1.09 bits per heavy atom. The lowest BCUT2D eigenvalue weighted by Gasteiger charge is -2.28. The van der Waals surface area contributed by atoms with E-state index >= 15 is 0 Å². The maximum absolute atomic E-state index is 12.7. The first-order valence-electron chi connectivity index (χ1n) is 11.4. The van der Waals surface area contributed by atoms with Gasteiger partial charge in [-0.2, -0.15) is 0 Å². The average molecular weight is 464 g/mol. The van der Waals surface area contributed by atoms with E-state index < -0.39 is 11.9 Å². The summed E-state index contributed by atoms with van der Waals surface area (Å²) in [5.41, 5.74) is 4.13. The van der Waals surface area contributed by atoms with Crippen LogP contribution in [-0.2, 0) is 11.4 Å². The van der Waals surface area contributed by atoms with Crippen LogP contribution >= 0.6 is 0 Å². The number of nitrogens with one attached hydrogen (secondary N) is 3. The highest BCUT2D eigenvalue weighted by molar-refractivity contribution is 5.94. The minimum absolute atomic E-state index is 0.0958. The summed E-state index contributed by atoms with van der Waals surface area (Å²) in [7, 11) is 0. The number of carbonyl (C=O) groups is 2. The second-order valence-corrected chi connectivity index (χ2v) is 8.14. The predicted octanol–water partition coefficient (Wildman–Crippen LogP) is 1.71. The number of aromatic nitrogens is 1. The first-order valence-corrected chi connectivity index (χ1v) is 11.4. The van der Waals surface area contributed by atoms with Crippen molar-refractivity contribution in [2.24, 2.45) is 0 Å². The van der Waals surface area contributed by atoms with E-state index in [1.54, 1.807) is 35.9 Å². The lowest BCUT2D eigenvalue weighted by molar-refractivity contribution is -0.134. The van der Waals surface area contributed by atoms with Gasteiger partial charge in [-0.3, -0.25) is 24.7 Å². The van der Waals surface area contributed by atoms with E-state index in [0.717, 1.165) is 36.0 Å². The zero-order valence-corrected chi connectivity index (χ0v) is 18.9. The molecule has 0 saturated carbocycles. The maximum Gasteiger partial charge on any atom is 0.262 e. The summed E-state index contributed by atoms with van der Waals surface area (Å²) in [4.78, 5) is 31.2. The van der Waals surface area contributed by atoms with Gasteiger partial charge in [-0.15, -0.1) is 0 Å². The van der Waals surface area contributed by atoms with Crippen molar-refractivity contribution >= 4 is 22.7 Å². The van der Waals surface area contributed by atoms with Gasteiger partial charge >= 0.3 is 0 Å². The van der Waals surface area contributed by atoms with Crippen LogP contribution in [0.1, 0.15) is 22.3 Å². The molecule has 1 fully saturated rings. The van der Waals surface area contributed by atoms with Crippen LogP contribution in [0.15, 0.2) is 60.8 Å². The third-order valence-electron chi connectivity index (χ3n) is 5.93. The van der Waals surface area contributed by atoms with E-state index in [2.05, 4.69) is 15.6 Å². The van der Waals surface area contributed by atoms with E-state index in [4.69, 9.17) is 9.94 Å². The molecule has 0 spiro atoms. The van der Waals surface area contributed by atoms with Crippen molar-refractivity contribution in [2.75, 3.05) is 32.7 Å². The molecule has 1 aliphatic heterocycles. The van der Waals surface area contributed by atoms with Gasteiger partial charge in [0, 0.05) is 48.9 Å². The normalized spacial score (nSPS) is 15.3. The van der Waals surface area contributed by atoms with Crippen molar-refractivity contribution in [1.29, 1.82) is 0 Å². The van der Waals surface area contributed by atoms with Crippen molar-refractivity contribution < 1.29 is 19.5 Å². The van der Waals surface area contributed by atoms with E-state index in [1.807, 2.05) is 35.2 Å². The van der Waals surface area contributed by atoms with Gasteiger partial charge in [-0.1, -0.05) is 18.2 Å². The Morgan fingerprint density at radius 2 is 1.91 bits per heavy atom. The molecule has 34 heavy (non-hydrogen) atoms. The molecule has 2 aromatic carbocycles. The standard InChI is InChI=1S/C25H29N5O4/c31-24(28-16-23(25(32)29-33)30-14-3-11-26-13-15-30)18-6-8-20(9-7-18)34-17-19-10-12-27-22-5-2-1-4-21(19)22/h1-2,4-10,12,23,26,33H,3,11,13-17H2,(H,28,31)(H,29,32)/t23-/m0/s1. The van der Waals surface area contributed by atoms with Gasteiger partial charge in [-0.05, 0) is 49.4 Å². The molecular weight excluding hydrogens is 434 g/mol. The lowest BCUT2D eigenvalue weighted by atomic mass is 10.1. The molecular formula is C25H29N5O4. The molecule has 3 aromatic rings. The molecule has 1 aliphatic rings. The number of ether oxygens (including phenoxy) is 1. The number of hydrogen-bond acceptors (Lipinski definition) is 7. The Hall–Kier alpha value is -3.53. The molecule has 9 nitrogen and oxygen atoms in total. The molecule has 4 N–H and O–H groups in total. The van der Waals surface area contributed by atoms with Gasteiger partial charge in [0.2, 0.25) is 0 Å². The molecule has 1 saturated heterocycles. The Kier molecular flexibility index (Phi) is 8.03. The monoisotopic (exact) mass is 463 g/mol. The number of carbonyl (C=O) groups excluding carboxylic acids is 2. The van der Waals surface area contributed by atoms with Crippen LogP contribution < -0.4 is 20.9 Å². The van der Waals surface area contributed by atoms with E-state index in [-0.39, 0.29) is 12.5 Å². The van der Waals surface area contributed by atoms with Crippen LogP contribution in [0.5, 0.6) is 5.75 Å². The van der Waals surface area contributed by atoms with Crippen molar-refractivity contribution in [3.63, 3.8) is 0 Å². The van der Waals surface area contributed by atoms with Crippen LogP contribution in [0.2, 0.25) is 0 Å². The van der Waals surface area contributed by atoms with Crippen molar-refractivity contribution in [1.82, 2.24) is 26.0 Å². The molecule has 9 heteroatoms. The number of fused-ring (bicyclic) bond motifs is 1. The highest BCUT2D eigenvalue weighted by Gasteiger charge is 2.27. The third kappa shape index (κ3) is 5.88. The smallest absolute Gasteiger partial charge is 0.262 e. The Balaban J connectivity index is 1.34. The predicted molar refractivity (Wildman–Crippen MR) is 128 cm³/mol. The minimum Gasteiger partial charge on any atom is -0.489 e. The molecule has 1 atom stereocenters. The second kappa shape index (κ2) is 11.6. The molecule has 1 aromatic heterocycles. The quantitative estimate of drug-likeness (QED) is 0.297. The number of pyridine rings is 1. The topological polar surface area (TPSA) is 116 Å². The SMILES string of the molecule is O=C(NC[C@@H](C(=O)NO)N1CCCNCC1)c1ccc(OCc2ccnc3ccccc23)cc1. The van der Waals surface area contributed by atoms with Gasteiger partial charge in [0.05, 0.1) is 5.52 Å². The summed E-state index contributed by atoms with van der Waals surface area (Å²) in [6.45, 7) is 3.48. The highest BCUT2D eigenvalue weighted by Crippen LogP contribution is 2.19. The first kappa shape index (κ1) is 23.6. The molecule has 2 heterocycles. The van der Waals surface area contributed by atoms with Crippen molar-refractivity contribution in [3.8, 4) is 5.75 Å².